The van der Waals surface area contributed by atoms with E-state index in [4.69, 9.17) is 5.73 Å². The van der Waals surface area contributed by atoms with Gasteiger partial charge in [0.25, 0.3) is 0 Å². The Morgan fingerprint density at radius 3 is 2.79 bits per heavy atom. The Kier molecular flexibility index (Phi) is 2.63. The van der Waals surface area contributed by atoms with Crippen molar-refractivity contribution in [2.75, 3.05) is 17.2 Å². The lowest BCUT2D eigenvalue weighted by molar-refractivity contribution is 0.606. The summed E-state index contributed by atoms with van der Waals surface area (Å²) in [6.07, 6.45) is 4.38. The van der Waals surface area contributed by atoms with Gasteiger partial charge in [0.1, 0.15) is 5.00 Å². The van der Waals surface area contributed by atoms with E-state index >= 15 is 0 Å². The third-order valence-corrected chi connectivity index (χ3v) is 3.17. The highest BCUT2D eigenvalue weighted by Crippen LogP contribution is 2.35. The number of nitrogens with two attached hydrogens (primary N) is 1. The van der Waals surface area contributed by atoms with Gasteiger partial charge in [-0.2, -0.15) is 0 Å². The molecule has 0 saturated heterocycles. The van der Waals surface area contributed by atoms with E-state index < -0.39 is 0 Å². The first-order valence-electron chi connectivity index (χ1n) is 5.14. The zero-order chi connectivity index (χ0) is 10.1. The monoisotopic (exact) mass is 211 g/mol. The van der Waals surface area contributed by atoms with Crippen LogP contribution in [0.3, 0.4) is 0 Å². The minimum absolute atomic E-state index is 0.681. The van der Waals surface area contributed by atoms with Crippen LogP contribution in [0.5, 0.6) is 0 Å². The quantitative estimate of drug-likeness (QED) is 0.831. The molecule has 1 heterocycles. The van der Waals surface area contributed by atoms with E-state index in [2.05, 4.69) is 23.7 Å². The van der Waals surface area contributed by atoms with Crippen LogP contribution in [0.2, 0.25) is 0 Å². The van der Waals surface area contributed by atoms with Crippen molar-refractivity contribution in [1.29, 1.82) is 0 Å². The number of aromatic nitrogens is 1. The predicted molar refractivity (Wildman–Crippen MR) is 61.7 cm³/mol. The molecule has 1 fully saturated rings. The van der Waals surface area contributed by atoms with E-state index in [1.807, 2.05) is 0 Å². The Morgan fingerprint density at radius 1 is 1.64 bits per heavy atom. The van der Waals surface area contributed by atoms with Crippen LogP contribution in [-0.4, -0.2) is 17.6 Å². The molecule has 14 heavy (non-hydrogen) atoms. The molecule has 0 atom stereocenters. The zero-order valence-electron chi connectivity index (χ0n) is 8.73. The van der Waals surface area contributed by atoms with E-state index in [1.54, 1.807) is 17.5 Å². The lowest BCUT2D eigenvalue weighted by Gasteiger charge is -2.23. The van der Waals surface area contributed by atoms with E-state index in [0.717, 1.165) is 22.7 Å². The molecule has 1 aliphatic carbocycles. The fourth-order valence-corrected chi connectivity index (χ4v) is 2.34. The summed E-state index contributed by atoms with van der Waals surface area (Å²) < 4.78 is 0. The smallest absolute Gasteiger partial charge is 0.187 e. The zero-order valence-corrected chi connectivity index (χ0v) is 9.55. The Hall–Kier alpha value is -0.770. The summed E-state index contributed by atoms with van der Waals surface area (Å²) >= 11 is 1.60. The minimum Gasteiger partial charge on any atom is -0.389 e. The van der Waals surface area contributed by atoms with Gasteiger partial charge in [-0.15, -0.1) is 0 Å². The maximum Gasteiger partial charge on any atom is 0.187 e. The fourth-order valence-electron chi connectivity index (χ4n) is 1.57. The molecule has 0 aromatic carbocycles. The summed E-state index contributed by atoms with van der Waals surface area (Å²) in [7, 11) is 0. The third kappa shape index (κ3) is 2.18. The van der Waals surface area contributed by atoms with Gasteiger partial charge in [0.05, 0.1) is 6.20 Å². The SMILES string of the molecule is CC(C)CN(c1ncc(N)s1)C1CC1. The van der Waals surface area contributed by atoms with E-state index in [1.165, 1.54) is 12.8 Å². The second kappa shape index (κ2) is 3.77. The molecular formula is C10H17N3S. The number of hydrogen-bond acceptors (Lipinski definition) is 4. The van der Waals surface area contributed by atoms with Gasteiger partial charge < -0.3 is 10.6 Å². The van der Waals surface area contributed by atoms with E-state index in [0.29, 0.717) is 5.92 Å². The summed E-state index contributed by atoms with van der Waals surface area (Å²) in [5.74, 6) is 0.681. The van der Waals surface area contributed by atoms with Crippen molar-refractivity contribution in [2.45, 2.75) is 32.7 Å². The van der Waals surface area contributed by atoms with Crippen molar-refractivity contribution in [3.05, 3.63) is 6.20 Å². The van der Waals surface area contributed by atoms with Crippen LogP contribution in [0, 0.1) is 5.92 Å². The summed E-state index contributed by atoms with van der Waals surface area (Å²) in [5.41, 5.74) is 5.70. The molecular weight excluding hydrogens is 194 g/mol. The largest absolute Gasteiger partial charge is 0.389 e. The standard InChI is InChI=1S/C10H17N3S/c1-7(2)6-13(8-3-4-8)10-12-5-9(11)14-10/h5,7-8H,3-4,6,11H2,1-2H3. The summed E-state index contributed by atoms with van der Waals surface area (Å²) in [4.78, 5) is 6.76. The van der Waals surface area contributed by atoms with Crippen LogP contribution in [-0.2, 0) is 0 Å². The van der Waals surface area contributed by atoms with Crippen LogP contribution in [0.1, 0.15) is 26.7 Å². The second-order valence-electron chi connectivity index (χ2n) is 4.32. The molecule has 1 aromatic heterocycles. The lowest BCUT2D eigenvalue weighted by atomic mass is 10.2. The van der Waals surface area contributed by atoms with Crippen LogP contribution in [0.15, 0.2) is 6.20 Å². The van der Waals surface area contributed by atoms with Gasteiger partial charge in [0, 0.05) is 12.6 Å². The number of hydrogen-bond donors (Lipinski definition) is 1. The van der Waals surface area contributed by atoms with Crippen LogP contribution in [0.25, 0.3) is 0 Å². The minimum atomic E-state index is 0.681. The molecule has 4 heteroatoms. The molecule has 78 valence electrons. The maximum absolute atomic E-state index is 5.70. The number of nitrogens with zero attached hydrogens (tertiary/aromatic N) is 2. The van der Waals surface area contributed by atoms with E-state index in [-0.39, 0.29) is 0 Å². The number of nitrogen functional groups attached to an aromatic ring is 1. The highest BCUT2D eigenvalue weighted by Gasteiger charge is 2.31. The topological polar surface area (TPSA) is 42.2 Å². The average molecular weight is 211 g/mol. The summed E-state index contributed by atoms with van der Waals surface area (Å²) in [6, 6.07) is 0.725. The Morgan fingerprint density at radius 2 is 2.36 bits per heavy atom. The first-order valence-corrected chi connectivity index (χ1v) is 5.96. The molecule has 1 aromatic rings. The first kappa shape index (κ1) is 9.77. The molecule has 3 nitrogen and oxygen atoms in total. The van der Waals surface area contributed by atoms with Gasteiger partial charge in [0.2, 0.25) is 0 Å². The fraction of sp³-hybridized carbons (Fsp3) is 0.700. The van der Waals surface area contributed by atoms with Gasteiger partial charge in [-0.1, -0.05) is 25.2 Å². The van der Waals surface area contributed by atoms with Crippen LogP contribution in [0.4, 0.5) is 10.1 Å². The van der Waals surface area contributed by atoms with Gasteiger partial charge >= 0.3 is 0 Å². The molecule has 0 aliphatic heterocycles. The van der Waals surface area contributed by atoms with Gasteiger partial charge in [0.15, 0.2) is 5.13 Å². The van der Waals surface area contributed by atoms with Crippen molar-refractivity contribution in [3.8, 4) is 0 Å². The van der Waals surface area contributed by atoms with Gasteiger partial charge in [-0.3, -0.25) is 0 Å². The highest BCUT2D eigenvalue weighted by molar-refractivity contribution is 7.19. The molecule has 0 bridgehead atoms. The lowest BCUT2D eigenvalue weighted by Crippen LogP contribution is -2.29. The molecule has 0 radical (unpaired) electrons. The van der Waals surface area contributed by atoms with Gasteiger partial charge in [-0.25, -0.2) is 4.98 Å². The number of anilines is 2. The molecule has 2 N–H and O–H groups in total. The Balaban J connectivity index is 2.09. The van der Waals surface area contributed by atoms with Crippen LogP contribution < -0.4 is 10.6 Å². The third-order valence-electron chi connectivity index (χ3n) is 2.31. The summed E-state index contributed by atoms with van der Waals surface area (Å²) in [6.45, 7) is 5.58. The second-order valence-corrected chi connectivity index (χ2v) is 5.36. The van der Waals surface area contributed by atoms with Crippen molar-refractivity contribution < 1.29 is 0 Å². The molecule has 1 saturated carbocycles. The first-order chi connectivity index (χ1) is 6.66. The maximum atomic E-state index is 5.70. The molecule has 0 spiro atoms. The van der Waals surface area contributed by atoms with Gasteiger partial charge in [-0.05, 0) is 18.8 Å². The van der Waals surface area contributed by atoms with Crippen LogP contribution >= 0.6 is 11.3 Å². The van der Waals surface area contributed by atoms with Crippen molar-refractivity contribution in [2.24, 2.45) is 5.92 Å². The average Bonchev–Trinajstić information content (AvgIpc) is 2.85. The Bertz CT molecular complexity index is 304. The molecule has 0 unspecified atom stereocenters. The van der Waals surface area contributed by atoms with E-state index in [9.17, 15) is 0 Å². The predicted octanol–water partition coefficient (Wildman–Crippen LogP) is 2.35. The van der Waals surface area contributed by atoms with Crippen molar-refractivity contribution in [3.63, 3.8) is 0 Å². The number of thiazole rings is 1. The number of rotatable bonds is 4. The molecule has 1 aliphatic rings. The van der Waals surface area contributed by atoms with Crippen molar-refractivity contribution in [1.82, 2.24) is 4.98 Å². The van der Waals surface area contributed by atoms with Crippen molar-refractivity contribution >= 4 is 21.5 Å². The summed E-state index contributed by atoms with van der Waals surface area (Å²) in [5, 5.41) is 1.91. The molecule has 2 rings (SSSR count). The Labute approximate surface area is 88.9 Å². The normalized spacial score (nSPS) is 16.2. The molecule has 0 amide bonds. The highest BCUT2D eigenvalue weighted by atomic mass is 32.1.